The number of hydrogen-bond acceptors (Lipinski definition) is 6. The minimum atomic E-state index is -4.53. The van der Waals surface area contributed by atoms with E-state index in [2.05, 4.69) is 31.3 Å². The Kier molecular flexibility index (Phi) is 21.6. The maximum atomic E-state index is 12.5. The number of aliphatic hydroxyl groups excluding tert-OH is 1. The predicted molar refractivity (Wildman–Crippen MR) is 150 cm³/mol. The molecule has 0 aliphatic rings. The van der Waals surface area contributed by atoms with Crippen molar-refractivity contribution < 1.29 is 32.9 Å². The summed E-state index contributed by atoms with van der Waals surface area (Å²) >= 11 is 0. The Labute approximate surface area is 227 Å². The van der Waals surface area contributed by atoms with E-state index in [1.54, 1.807) is 0 Å². The largest absolute Gasteiger partial charge is 0.756 e. The minimum absolute atomic E-state index is 0.00994. The lowest BCUT2D eigenvalue weighted by molar-refractivity contribution is -0.870. The first-order valence-electron chi connectivity index (χ1n) is 14.5. The average molecular weight is 549 g/mol. The zero-order valence-corrected chi connectivity index (χ0v) is 25.3. The summed E-state index contributed by atoms with van der Waals surface area (Å²) in [4.78, 5) is 24.7. The fourth-order valence-electron chi connectivity index (χ4n) is 3.78. The molecule has 220 valence electrons. The third kappa shape index (κ3) is 24.0. The van der Waals surface area contributed by atoms with E-state index in [9.17, 15) is 19.4 Å². The second kappa shape index (κ2) is 22.1. The van der Waals surface area contributed by atoms with E-state index in [-0.39, 0.29) is 19.1 Å². The second-order valence-corrected chi connectivity index (χ2v) is 12.5. The maximum absolute atomic E-state index is 12.5. The molecule has 0 rings (SSSR count). The van der Waals surface area contributed by atoms with Gasteiger partial charge >= 0.3 is 0 Å². The first-order valence-corrected chi connectivity index (χ1v) is 16.0. The van der Waals surface area contributed by atoms with Crippen molar-refractivity contribution >= 4 is 13.7 Å². The van der Waals surface area contributed by atoms with Crippen LogP contribution in [0.25, 0.3) is 0 Å². The molecule has 37 heavy (non-hydrogen) atoms. The number of rotatable bonds is 25. The van der Waals surface area contributed by atoms with Crippen molar-refractivity contribution in [3.8, 4) is 0 Å². The SMILES string of the molecule is CCCC/C=C\CCCCCCCC(=O)NC(COP(=O)([O-])OCC[N+](C)(C)C)C(O)CCCCCC. The number of likely N-dealkylation sites (N-methyl/N-ethyl adjacent to an activating group) is 1. The summed E-state index contributed by atoms with van der Waals surface area (Å²) in [6.07, 6.45) is 18.4. The van der Waals surface area contributed by atoms with E-state index in [1.807, 2.05) is 21.1 Å². The van der Waals surface area contributed by atoms with Gasteiger partial charge in [0.1, 0.15) is 13.2 Å². The number of carbonyl (C=O) groups excluding carboxylic acids is 1. The first-order chi connectivity index (χ1) is 17.5. The van der Waals surface area contributed by atoms with Gasteiger partial charge in [-0.3, -0.25) is 9.36 Å². The van der Waals surface area contributed by atoms with E-state index < -0.39 is 20.0 Å². The summed E-state index contributed by atoms with van der Waals surface area (Å²) < 4.78 is 22.8. The molecule has 0 aromatic rings. The molecule has 0 bridgehead atoms. The van der Waals surface area contributed by atoms with Crippen LogP contribution in [0.2, 0.25) is 0 Å². The van der Waals surface area contributed by atoms with Gasteiger partial charge in [0, 0.05) is 6.42 Å². The molecule has 0 heterocycles. The van der Waals surface area contributed by atoms with Gasteiger partial charge in [-0.05, 0) is 32.1 Å². The summed E-state index contributed by atoms with van der Waals surface area (Å²) in [6, 6.07) is -0.794. The highest BCUT2D eigenvalue weighted by Gasteiger charge is 2.24. The summed E-state index contributed by atoms with van der Waals surface area (Å²) in [7, 11) is 1.29. The fourth-order valence-corrected chi connectivity index (χ4v) is 4.50. The number of amides is 1. The lowest BCUT2D eigenvalue weighted by Gasteiger charge is -2.30. The molecule has 0 saturated carbocycles. The number of carbonyl (C=O) groups is 1. The van der Waals surface area contributed by atoms with Crippen LogP contribution in [-0.2, 0) is 18.4 Å². The molecule has 3 unspecified atom stereocenters. The first kappa shape index (κ1) is 36.2. The zero-order valence-electron chi connectivity index (χ0n) is 24.4. The number of nitrogens with zero attached hydrogens (tertiary/aromatic N) is 1. The quantitative estimate of drug-likeness (QED) is 0.0676. The topological polar surface area (TPSA) is 108 Å². The Hall–Kier alpha value is -0.760. The number of quaternary nitrogens is 1. The summed E-state index contributed by atoms with van der Waals surface area (Å²) in [5.74, 6) is -0.188. The number of phosphoric ester groups is 1. The monoisotopic (exact) mass is 548 g/mol. The summed E-state index contributed by atoms with van der Waals surface area (Å²) in [5.41, 5.74) is 0. The van der Waals surface area contributed by atoms with Crippen LogP contribution in [0, 0.1) is 0 Å². The standard InChI is InChI=1S/C28H57N2O6P/c1-6-8-10-12-13-14-15-16-17-18-20-22-28(32)29-26(27(31)21-19-11-9-7-2)25-36-37(33,34)35-24-23-30(3,4)5/h12-13,26-27,31H,6-11,14-25H2,1-5H3,(H-,29,32,33,34)/b13-12-. The molecule has 0 radical (unpaired) electrons. The highest BCUT2D eigenvalue weighted by molar-refractivity contribution is 7.45. The van der Waals surface area contributed by atoms with Crippen LogP contribution >= 0.6 is 7.82 Å². The van der Waals surface area contributed by atoms with Gasteiger partial charge in [0.15, 0.2) is 0 Å². The molecule has 0 aromatic carbocycles. The van der Waals surface area contributed by atoms with Gasteiger partial charge < -0.3 is 28.8 Å². The van der Waals surface area contributed by atoms with Crippen LogP contribution in [0.5, 0.6) is 0 Å². The maximum Gasteiger partial charge on any atom is 0.268 e. The van der Waals surface area contributed by atoms with Crippen molar-refractivity contribution in [2.45, 2.75) is 122 Å². The van der Waals surface area contributed by atoms with Crippen molar-refractivity contribution in [2.24, 2.45) is 0 Å². The van der Waals surface area contributed by atoms with E-state index in [4.69, 9.17) is 9.05 Å². The molecule has 0 aliphatic carbocycles. The third-order valence-electron chi connectivity index (χ3n) is 6.25. The Morgan fingerprint density at radius 2 is 1.51 bits per heavy atom. The second-order valence-electron chi connectivity index (χ2n) is 11.1. The minimum Gasteiger partial charge on any atom is -0.756 e. The Morgan fingerprint density at radius 3 is 2.16 bits per heavy atom. The van der Waals surface area contributed by atoms with E-state index >= 15 is 0 Å². The average Bonchev–Trinajstić information content (AvgIpc) is 2.81. The molecule has 8 nitrogen and oxygen atoms in total. The molecular weight excluding hydrogens is 491 g/mol. The molecule has 9 heteroatoms. The molecule has 0 spiro atoms. The van der Waals surface area contributed by atoms with Gasteiger partial charge in [-0.15, -0.1) is 0 Å². The van der Waals surface area contributed by atoms with Gasteiger partial charge in [0.2, 0.25) is 5.91 Å². The fraction of sp³-hybridized carbons (Fsp3) is 0.893. The molecule has 0 fully saturated rings. The van der Waals surface area contributed by atoms with E-state index in [0.29, 0.717) is 23.9 Å². The van der Waals surface area contributed by atoms with Crippen molar-refractivity contribution in [3.05, 3.63) is 12.2 Å². The van der Waals surface area contributed by atoms with Crippen molar-refractivity contribution in [3.63, 3.8) is 0 Å². The highest BCUT2D eigenvalue weighted by atomic mass is 31.2. The van der Waals surface area contributed by atoms with Gasteiger partial charge in [-0.2, -0.15) is 0 Å². The van der Waals surface area contributed by atoms with Gasteiger partial charge in [0.05, 0.1) is 39.9 Å². The number of nitrogens with one attached hydrogen (secondary N) is 1. The third-order valence-corrected chi connectivity index (χ3v) is 7.22. The molecular formula is C28H57N2O6P. The van der Waals surface area contributed by atoms with Crippen LogP contribution in [-0.4, -0.2) is 68.5 Å². The molecule has 1 amide bonds. The predicted octanol–water partition coefficient (Wildman–Crippen LogP) is 5.49. The zero-order chi connectivity index (χ0) is 28.0. The van der Waals surface area contributed by atoms with E-state index in [0.717, 1.165) is 57.8 Å². The molecule has 0 aliphatic heterocycles. The molecule has 0 aromatic heterocycles. The van der Waals surface area contributed by atoms with Crippen molar-refractivity contribution in [1.29, 1.82) is 0 Å². The van der Waals surface area contributed by atoms with Crippen LogP contribution in [0.3, 0.4) is 0 Å². The molecule has 0 saturated heterocycles. The van der Waals surface area contributed by atoms with Crippen molar-refractivity contribution in [2.75, 3.05) is 40.9 Å². The number of phosphoric acid groups is 1. The van der Waals surface area contributed by atoms with Crippen LogP contribution in [0.15, 0.2) is 12.2 Å². The number of unbranched alkanes of at least 4 members (excludes halogenated alkanes) is 10. The normalized spacial score (nSPS) is 15.5. The Balaban J connectivity index is 4.48. The number of allylic oxidation sites excluding steroid dienone is 2. The van der Waals surface area contributed by atoms with Crippen LogP contribution in [0.1, 0.15) is 110 Å². The summed E-state index contributed by atoms with van der Waals surface area (Å²) in [5, 5.41) is 13.5. The Morgan fingerprint density at radius 1 is 0.919 bits per heavy atom. The Bertz CT molecular complexity index is 639. The van der Waals surface area contributed by atoms with E-state index in [1.165, 1.54) is 25.7 Å². The highest BCUT2D eigenvalue weighted by Crippen LogP contribution is 2.38. The molecule has 3 atom stereocenters. The lowest BCUT2D eigenvalue weighted by Crippen LogP contribution is -2.46. The number of aliphatic hydroxyl groups is 1. The smallest absolute Gasteiger partial charge is 0.268 e. The summed E-state index contributed by atoms with van der Waals surface area (Å²) in [6.45, 7) is 4.50. The van der Waals surface area contributed by atoms with Gasteiger partial charge in [0.25, 0.3) is 7.82 Å². The van der Waals surface area contributed by atoms with Gasteiger partial charge in [-0.1, -0.05) is 83.8 Å². The van der Waals surface area contributed by atoms with Gasteiger partial charge in [-0.25, -0.2) is 0 Å². The van der Waals surface area contributed by atoms with Crippen molar-refractivity contribution in [1.82, 2.24) is 5.32 Å². The van der Waals surface area contributed by atoms with Crippen LogP contribution < -0.4 is 10.2 Å². The lowest BCUT2D eigenvalue weighted by atomic mass is 10.0. The molecule has 2 N–H and O–H groups in total. The van der Waals surface area contributed by atoms with Crippen LogP contribution in [0.4, 0.5) is 0 Å². The number of hydrogen-bond donors (Lipinski definition) is 2.